The van der Waals surface area contributed by atoms with E-state index in [1.165, 1.54) is 11.3 Å². The van der Waals surface area contributed by atoms with Gasteiger partial charge in [0.25, 0.3) is 11.5 Å². The van der Waals surface area contributed by atoms with Crippen LogP contribution in [0.2, 0.25) is 0 Å². The Bertz CT molecular complexity index is 931. The first kappa shape index (κ1) is 16.3. The molecule has 0 unspecified atom stereocenters. The number of rotatable bonds is 5. The van der Waals surface area contributed by atoms with Gasteiger partial charge in [-0.25, -0.2) is 4.98 Å². The van der Waals surface area contributed by atoms with Crippen LogP contribution in [0.4, 0.5) is 0 Å². The maximum absolute atomic E-state index is 12.5. The zero-order valence-corrected chi connectivity index (χ0v) is 14.4. The number of hydrogen-bond donors (Lipinski definition) is 1. The van der Waals surface area contributed by atoms with Crippen LogP contribution >= 0.6 is 11.3 Å². The lowest BCUT2D eigenvalue weighted by Gasteiger charge is -2.04. The van der Waals surface area contributed by atoms with Gasteiger partial charge in [0.2, 0.25) is 0 Å². The molecule has 6 nitrogen and oxygen atoms in total. The Morgan fingerprint density at radius 3 is 2.88 bits per heavy atom. The van der Waals surface area contributed by atoms with E-state index in [1.807, 2.05) is 25.1 Å². The lowest BCUT2D eigenvalue weighted by molar-refractivity contribution is 0.0954. The van der Waals surface area contributed by atoms with Crippen LogP contribution in [-0.4, -0.2) is 20.4 Å². The normalized spacial score (nSPS) is 10.9. The number of nitrogens with zero attached hydrogens (tertiary/aromatic N) is 3. The number of aryl methyl sites for hydroxylation is 2. The number of carbonyl (C=O) groups excluding carboxylic acids is 1. The highest BCUT2D eigenvalue weighted by Crippen LogP contribution is 2.26. The van der Waals surface area contributed by atoms with E-state index in [0.717, 1.165) is 12.1 Å². The molecule has 0 spiro atoms. The van der Waals surface area contributed by atoms with Gasteiger partial charge >= 0.3 is 0 Å². The van der Waals surface area contributed by atoms with Crippen LogP contribution in [0.15, 0.2) is 35.5 Å². The quantitative estimate of drug-likeness (QED) is 0.773. The Labute approximate surface area is 143 Å². The number of hydrogen-bond acceptors (Lipinski definition) is 5. The molecule has 0 aliphatic carbocycles. The van der Waals surface area contributed by atoms with Crippen molar-refractivity contribution in [2.45, 2.75) is 33.4 Å². The van der Waals surface area contributed by atoms with Gasteiger partial charge in [0.15, 0.2) is 0 Å². The number of thiophene rings is 1. The zero-order valence-electron chi connectivity index (χ0n) is 13.6. The molecule has 0 aromatic carbocycles. The number of aromatic nitrogens is 3. The molecule has 24 heavy (non-hydrogen) atoms. The summed E-state index contributed by atoms with van der Waals surface area (Å²) in [6, 6.07) is 5.55. The number of carbonyl (C=O) groups is 1. The summed E-state index contributed by atoms with van der Waals surface area (Å²) in [7, 11) is 0. The minimum Gasteiger partial charge on any atom is -0.346 e. The summed E-state index contributed by atoms with van der Waals surface area (Å²) in [6.45, 7) is 4.78. The van der Waals surface area contributed by atoms with E-state index in [1.54, 1.807) is 24.0 Å². The van der Waals surface area contributed by atoms with Crippen molar-refractivity contribution in [3.05, 3.63) is 57.2 Å². The maximum Gasteiger partial charge on any atom is 0.262 e. The predicted octanol–water partition coefficient (Wildman–Crippen LogP) is 2.50. The van der Waals surface area contributed by atoms with Crippen molar-refractivity contribution in [3.63, 3.8) is 0 Å². The van der Waals surface area contributed by atoms with E-state index in [4.69, 9.17) is 0 Å². The van der Waals surface area contributed by atoms with Crippen molar-refractivity contribution in [2.24, 2.45) is 0 Å². The van der Waals surface area contributed by atoms with Gasteiger partial charge in [-0.3, -0.25) is 19.1 Å². The molecular formula is C17H18N4O2S. The summed E-state index contributed by atoms with van der Waals surface area (Å²) in [5.74, 6) is -0.206. The van der Waals surface area contributed by atoms with Crippen molar-refractivity contribution in [1.82, 2.24) is 19.9 Å². The molecule has 3 rings (SSSR count). The van der Waals surface area contributed by atoms with E-state index in [9.17, 15) is 9.59 Å². The van der Waals surface area contributed by atoms with Crippen LogP contribution < -0.4 is 10.9 Å². The van der Waals surface area contributed by atoms with Crippen LogP contribution in [0, 0.1) is 6.92 Å². The molecule has 0 radical (unpaired) electrons. The maximum atomic E-state index is 12.5. The van der Waals surface area contributed by atoms with Gasteiger partial charge in [0, 0.05) is 12.7 Å². The van der Waals surface area contributed by atoms with E-state index >= 15 is 0 Å². The first-order chi connectivity index (χ1) is 11.6. The van der Waals surface area contributed by atoms with Gasteiger partial charge in [-0.05, 0) is 31.0 Å². The second-order valence-corrected chi connectivity index (χ2v) is 6.48. The Morgan fingerprint density at radius 1 is 1.33 bits per heavy atom. The molecule has 124 valence electrons. The average Bonchev–Trinajstić information content (AvgIpc) is 2.94. The van der Waals surface area contributed by atoms with E-state index < -0.39 is 0 Å². The summed E-state index contributed by atoms with van der Waals surface area (Å²) in [6.07, 6.45) is 4.10. The minimum atomic E-state index is -0.206. The van der Waals surface area contributed by atoms with E-state index in [0.29, 0.717) is 33.7 Å². The Balaban J connectivity index is 1.89. The van der Waals surface area contributed by atoms with Crippen molar-refractivity contribution < 1.29 is 4.79 Å². The summed E-state index contributed by atoms with van der Waals surface area (Å²) >= 11 is 1.25. The molecule has 1 N–H and O–H groups in total. The molecule has 3 aromatic rings. The molecule has 3 heterocycles. The summed E-state index contributed by atoms with van der Waals surface area (Å²) in [5, 5.41) is 3.39. The SMILES string of the molecule is CCCn1cnc2sc(C(=O)NCc3ccccn3)c(C)c2c1=O. The van der Waals surface area contributed by atoms with E-state index in [-0.39, 0.29) is 11.5 Å². The van der Waals surface area contributed by atoms with E-state index in [2.05, 4.69) is 15.3 Å². The van der Waals surface area contributed by atoms with Gasteiger partial charge in [-0.1, -0.05) is 13.0 Å². The molecule has 0 saturated heterocycles. The summed E-state index contributed by atoms with van der Waals surface area (Å²) < 4.78 is 1.59. The van der Waals surface area contributed by atoms with Crippen LogP contribution in [0.3, 0.4) is 0 Å². The third kappa shape index (κ3) is 3.07. The highest BCUT2D eigenvalue weighted by atomic mass is 32.1. The fourth-order valence-corrected chi connectivity index (χ4v) is 3.59. The molecule has 0 saturated carbocycles. The molecule has 0 bridgehead atoms. The van der Waals surface area contributed by atoms with Gasteiger partial charge in [-0.2, -0.15) is 0 Å². The van der Waals surface area contributed by atoms with Crippen molar-refractivity contribution in [1.29, 1.82) is 0 Å². The topological polar surface area (TPSA) is 76.9 Å². The first-order valence-corrected chi connectivity index (χ1v) is 8.60. The Hall–Kier alpha value is -2.54. The highest BCUT2D eigenvalue weighted by molar-refractivity contribution is 7.20. The standard InChI is InChI=1S/C17H18N4O2S/c1-3-8-21-10-20-16-13(17(21)23)11(2)14(24-16)15(22)19-9-12-6-4-5-7-18-12/h4-7,10H,3,8-9H2,1-2H3,(H,19,22). The zero-order chi connectivity index (χ0) is 17.1. The minimum absolute atomic E-state index is 0.0839. The lowest BCUT2D eigenvalue weighted by atomic mass is 10.2. The summed E-state index contributed by atoms with van der Waals surface area (Å²) in [4.78, 5) is 34.7. The number of pyridine rings is 1. The number of nitrogens with one attached hydrogen (secondary N) is 1. The fraction of sp³-hybridized carbons (Fsp3) is 0.294. The van der Waals surface area contributed by atoms with Crippen molar-refractivity contribution in [3.8, 4) is 0 Å². The molecule has 0 aliphatic heterocycles. The van der Waals surface area contributed by atoms with Crippen molar-refractivity contribution >= 4 is 27.5 Å². The second-order valence-electron chi connectivity index (χ2n) is 5.48. The van der Waals surface area contributed by atoms with Gasteiger partial charge in [-0.15, -0.1) is 11.3 Å². The molecule has 3 aromatic heterocycles. The smallest absolute Gasteiger partial charge is 0.262 e. The summed E-state index contributed by atoms with van der Waals surface area (Å²) in [5.41, 5.74) is 1.39. The van der Waals surface area contributed by atoms with Crippen molar-refractivity contribution in [2.75, 3.05) is 0 Å². The largest absolute Gasteiger partial charge is 0.346 e. The molecule has 0 atom stereocenters. The third-order valence-corrected chi connectivity index (χ3v) is 4.94. The first-order valence-electron chi connectivity index (χ1n) is 7.78. The molecule has 0 aliphatic rings. The lowest BCUT2D eigenvalue weighted by Crippen LogP contribution is -2.23. The fourth-order valence-electron chi connectivity index (χ4n) is 2.53. The Kier molecular flexibility index (Phi) is 4.71. The van der Waals surface area contributed by atoms with Gasteiger partial charge in [0.05, 0.1) is 28.8 Å². The Morgan fingerprint density at radius 2 is 2.17 bits per heavy atom. The number of fused-ring (bicyclic) bond motifs is 1. The van der Waals surface area contributed by atoms with Gasteiger partial charge < -0.3 is 5.32 Å². The molecular weight excluding hydrogens is 324 g/mol. The number of amides is 1. The predicted molar refractivity (Wildman–Crippen MR) is 94.3 cm³/mol. The van der Waals surface area contributed by atoms with Gasteiger partial charge in [0.1, 0.15) is 4.83 Å². The third-order valence-electron chi connectivity index (χ3n) is 3.74. The molecule has 0 fully saturated rings. The molecule has 1 amide bonds. The van der Waals surface area contributed by atoms with Crippen LogP contribution in [-0.2, 0) is 13.1 Å². The monoisotopic (exact) mass is 342 g/mol. The van der Waals surface area contributed by atoms with Crippen LogP contribution in [0.25, 0.3) is 10.2 Å². The van der Waals surface area contributed by atoms with Crippen LogP contribution in [0.5, 0.6) is 0 Å². The highest BCUT2D eigenvalue weighted by Gasteiger charge is 2.19. The van der Waals surface area contributed by atoms with Crippen LogP contribution in [0.1, 0.15) is 34.3 Å². The molecule has 7 heteroatoms. The average molecular weight is 342 g/mol. The second kappa shape index (κ2) is 6.92.